The van der Waals surface area contributed by atoms with E-state index in [9.17, 15) is 9.90 Å². The van der Waals surface area contributed by atoms with Crippen LogP contribution in [0.5, 0.6) is 0 Å². The molecule has 126 valence electrons. The van der Waals surface area contributed by atoms with E-state index < -0.39 is 22.7 Å². The molecule has 4 aliphatic rings. The number of aliphatic hydroxyl groups is 1. The first-order valence-electron chi connectivity index (χ1n) is 8.84. The molecule has 0 spiro atoms. The number of hydrogen-bond acceptors (Lipinski definition) is 3. The van der Waals surface area contributed by atoms with E-state index in [4.69, 9.17) is 4.74 Å². The Balaban J connectivity index is 1.83. The topological polar surface area (TPSA) is 49.8 Å². The molecule has 1 heterocycles. The van der Waals surface area contributed by atoms with Crippen LogP contribution < -0.4 is 0 Å². The number of carbonyl (C=O) groups excluding carboxylic acids is 1. The summed E-state index contributed by atoms with van der Waals surface area (Å²) >= 11 is 0. The lowest BCUT2D eigenvalue weighted by molar-refractivity contribution is -0.135. The summed E-state index contributed by atoms with van der Waals surface area (Å²) in [4.78, 5) is 12.5. The highest BCUT2D eigenvalue weighted by molar-refractivity contribution is 5.98. The predicted octanol–water partition coefficient (Wildman–Crippen LogP) is 3.42. The molecule has 3 heteroatoms. The van der Waals surface area contributed by atoms with Crippen molar-refractivity contribution in [1.82, 2.24) is 0 Å². The minimum Gasteiger partial charge on any atom is -0.392 e. The highest BCUT2D eigenvalue weighted by atomic mass is 16.6. The standard InChI is InChI=1S/C20H28O3/c1-6-17(4)11-13-7-9-19-16(2,3)14(21)8-10-20(19,23-19)18(13,5)15(22)12-17/h6,8,10,13,15,22H,1,7,9,11-12H2,2-5H3/t13-,15+,17-,18+,19+,20+/m1/s1. The van der Waals surface area contributed by atoms with Gasteiger partial charge in [-0.05, 0) is 63.0 Å². The number of epoxide rings is 1. The lowest BCUT2D eigenvalue weighted by atomic mass is 9.44. The van der Waals surface area contributed by atoms with Gasteiger partial charge in [0.05, 0.1) is 11.5 Å². The van der Waals surface area contributed by atoms with Gasteiger partial charge in [-0.3, -0.25) is 4.79 Å². The molecule has 3 aliphatic carbocycles. The van der Waals surface area contributed by atoms with Crippen molar-refractivity contribution in [2.24, 2.45) is 22.2 Å². The van der Waals surface area contributed by atoms with Crippen LogP contribution in [0.15, 0.2) is 24.8 Å². The Labute approximate surface area is 138 Å². The summed E-state index contributed by atoms with van der Waals surface area (Å²) in [5, 5.41) is 11.1. The molecule has 0 radical (unpaired) electrons. The van der Waals surface area contributed by atoms with E-state index in [-0.39, 0.29) is 16.6 Å². The second kappa shape index (κ2) is 4.00. The Morgan fingerprint density at radius 3 is 2.65 bits per heavy atom. The van der Waals surface area contributed by atoms with Crippen molar-refractivity contribution in [3.05, 3.63) is 24.8 Å². The van der Waals surface area contributed by atoms with E-state index in [1.54, 1.807) is 6.08 Å². The summed E-state index contributed by atoms with van der Waals surface area (Å²) < 4.78 is 6.45. The monoisotopic (exact) mass is 316 g/mol. The highest BCUT2D eigenvalue weighted by Crippen LogP contribution is 2.77. The van der Waals surface area contributed by atoms with Crippen molar-refractivity contribution in [3.63, 3.8) is 0 Å². The number of ether oxygens (including phenoxy) is 1. The third kappa shape index (κ3) is 1.44. The zero-order chi connectivity index (χ0) is 16.9. The van der Waals surface area contributed by atoms with Gasteiger partial charge in [-0.15, -0.1) is 6.58 Å². The van der Waals surface area contributed by atoms with Gasteiger partial charge in [-0.1, -0.05) is 19.9 Å². The minimum atomic E-state index is -0.519. The lowest BCUT2D eigenvalue weighted by Crippen LogP contribution is -2.64. The third-order valence-electron chi connectivity index (χ3n) is 8.04. The van der Waals surface area contributed by atoms with Crippen molar-refractivity contribution in [2.45, 2.75) is 70.7 Å². The number of fused-ring (bicyclic) bond motifs is 1. The third-order valence-corrected chi connectivity index (χ3v) is 8.04. The zero-order valence-electron chi connectivity index (χ0n) is 14.7. The fraction of sp³-hybridized carbons (Fsp3) is 0.750. The molecule has 2 saturated carbocycles. The molecule has 0 aromatic heterocycles. The highest BCUT2D eigenvalue weighted by Gasteiger charge is 2.86. The van der Waals surface area contributed by atoms with Crippen LogP contribution in [0.25, 0.3) is 0 Å². The molecule has 0 aromatic carbocycles. The van der Waals surface area contributed by atoms with Gasteiger partial charge in [0.2, 0.25) is 0 Å². The van der Waals surface area contributed by atoms with Crippen LogP contribution in [0, 0.1) is 22.2 Å². The van der Waals surface area contributed by atoms with Gasteiger partial charge in [0.1, 0.15) is 11.2 Å². The normalized spacial score (nSPS) is 56.3. The van der Waals surface area contributed by atoms with Crippen LogP contribution in [-0.4, -0.2) is 28.2 Å². The molecular formula is C20H28O3. The number of aliphatic hydroxyl groups excluding tert-OH is 1. The first-order valence-corrected chi connectivity index (χ1v) is 8.84. The van der Waals surface area contributed by atoms with Gasteiger partial charge in [0, 0.05) is 5.41 Å². The number of carbonyl (C=O) groups is 1. The molecule has 1 aliphatic heterocycles. The number of hydrogen-bond donors (Lipinski definition) is 1. The molecule has 0 unspecified atom stereocenters. The number of rotatable bonds is 1. The minimum absolute atomic E-state index is 0.0150. The Hall–Kier alpha value is -0.930. The van der Waals surface area contributed by atoms with E-state index in [0.29, 0.717) is 12.3 Å². The molecule has 0 aromatic rings. The maximum absolute atomic E-state index is 12.5. The molecule has 0 amide bonds. The molecule has 23 heavy (non-hydrogen) atoms. The van der Waals surface area contributed by atoms with Gasteiger partial charge in [-0.2, -0.15) is 0 Å². The Morgan fingerprint density at radius 1 is 1.30 bits per heavy atom. The van der Waals surface area contributed by atoms with Crippen LogP contribution in [-0.2, 0) is 9.53 Å². The van der Waals surface area contributed by atoms with Crippen LogP contribution >= 0.6 is 0 Å². The van der Waals surface area contributed by atoms with Gasteiger partial charge >= 0.3 is 0 Å². The summed E-state index contributed by atoms with van der Waals surface area (Å²) in [6.45, 7) is 12.4. The van der Waals surface area contributed by atoms with Crippen molar-refractivity contribution in [1.29, 1.82) is 0 Å². The molecule has 3 nitrogen and oxygen atoms in total. The maximum Gasteiger partial charge on any atom is 0.164 e. The van der Waals surface area contributed by atoms with Crippen LogP contribution in [0.1, 0.15) is 53.4 Å². The molecule has 0 bridgehead atoms. The summed E-state index contributed by atoms with van der Waals surface area (Å²) in [6.07, 6.45) is 8.90. The van der Waals surface area contributed by atoms with Crippen molar-refractivity contribution >= 4 is 5.78 Å². The second-order valence-corrected chi connectivity index (χ2v) is 9.29. The summed E-state index contributed by atoms with van der Waals surface area (Å²) in [7, 11) is 0. The molecule has 4 rings (SSSR count). The summed E-state index contributed by atoms with van der Waals surface area (Å²) in [6, 6.07) is 0. The van der Waals surface area contributed by atoms with Gasteiger partial charge < -0.3 is 9.84 Å². The molecule has 1 N–H and O–H groups in total. The zero-order valence-corrected chi connectivity index (χ0v) is 14.7. The Morgan fingerprint density at radius 2 is 2.00 bits per heavy atom. The average Bonchev–Trinajstić information content (AvgIpc) is 3.19. The van der Waals surface area contributed by atoms with Crippen LogP contribution in [0.3, 0.4) is 0 Å². The smallest absolute Gasteiger partial charge is 0.164 e. The number of allylic oxidation sites excluding steroid dienone is 2. The van der Waals surface area contributed by atoms with Crippen molar-refractivity contribution in [2.75, 3.05) is 0 Å². The SMILES string of the molecule is C=C[C@]1(C)C[C@H]2CC[C@@]34O[C@@]3(C=CC(=O)C4(C)C)[C@]2(C)[C@@H](O)C1. The van der Waals surface area contributed by atoms with E-state index in [2.05, 4.69) is 20.4 Å². The average molecular weight is 316 g/mol. The molecule has 1 saturated heterocycles. The Bertz CT molecular complexity index is 635. The van der Waals surface area contributed by atoms with E-state index in [1.165, 1.54) is 0 Å². The maximum atomic E-state index is 12.5. The van der Waals surface area contributed by atoms with Gasteiger partial charge in [-0.25, -0.2) is 0 Å². The van der Waals surface area contributed by atoms with Crippen LogP contribution in [0.4, 0.5) is 0 Å². The van der Waals surface area contributed by atoms with E-state index in [0.717, 1.165) is 19.3 Å². The summed E-state index contributed by atoms with van der Waals surface area (Å²) in [5.74, 6) is 0.535. The largest absolute Gasteiger partial charge is 0.392 e. The molecule has 3 fully saturated rings. The number of ketones is 1. The predicted molar refractivity (Wildman–Crippen MR) is 88.9 cm³/mol. The first-order chi connectivity index (χ1) is 10.6. The van der Waals surface area contributed by atoms with Crippen molar-refractivity contribution < 1.29 is 14.6 Å². The fourth-order valence-electron chi connectivity index (χ4n) is 6.16. The molecular weight excluding hydrogens is 288 g/mol. The van der Waals surface area contributed by atoms with Gasteiger partial charge in [0.25, 0.3) is 0 Å². The fourth-order valence-corrected chi connectivity index (χ4v) is 6.16. The summed E-state index contributed by atoms with van der Waals surface area (Å²) in [5.41, 5.74) is -1.78. The Kier molecular flexibility index (Phi) is 2.71. The van der Waals surface area contributed by atoms with E-state index >= 15 is 0 Å². The second-order valence-electron chi connectivity index (χ2n) is 9.29. The first kappa shape index (κ1) is 15.6. The lowest BCUT2D eigenvalue weighted by Gasteiger charge is -2.58. The quantitative estimate of drug-likeness (QED) is 0.595. The molecule has 6 atom stereocenters. The van der Waals surface area contributed by atoms with Gasteiger partial charge in [0.15, 0.2) is 5.78 Å². The van der Waals surface area contributed by atoms with Crippen LogP contribution in [0.2, 0.25) is 0 Å². The van der Waals surface area contributed by atoms with E-state index in [1.807, 2.05) is 26.0 Å². The van der Waals surface area contributed by atoms with Crippen molar-refractivity contribution in [3.8, 4) is 0 Å².